The molecule has 1 unspecified atom stereocenters. The highest BCUT2D eigenvalue weighted by atomic mass is 16.5. The molecule has 0 aliphatic carbocycles. The van der Waals surface area contributed by atoms with Crippen LogP contribution in [0.1, 0.15) is 25.7 Å². The quantitative estimate of drug-likeness (QED) is 0.900. The first kappa shape index (κ1) is 15.6. The van der Waals surface area contributed by atoms with Crippen LogP contribution >= 0.6 is 0 Å². The Bertz CT molecular complexity index is 570. The first-order valence-corrected chi connectivity index (χ1v) is 8.96. The number of ether oxygens (including phenoxy) is 1. The van der Waals surface area contributed by atoms with E-state index in [1.807, 2.05) is 11.0 Å². The summed E-state index contributed by atoms with van der Waals surface area (Å²) in [5.41, 5.74) is -0.0719. The molecule has 7 heteroatoms. The Morgan fingerprint density at radius 3 is 2.79 bits per heavy atom. The first-order valence-electron chi connectivity index (χ1n) is 8.96. The van der Waals surface area contributed by atoms with Gasteiger partial charge in [0.2, 0.25) is 5.95 Å². The smallest absolute Gasteiger partial charge is 0.317 e. The number of carbonyl (C=O) groups is 1. The van der Waals surface area contributed by atoms with Crippen molar-refractivity contribution in [3.63, 3.8) is 0 Å². The average molecular weight is 331 g/mol. The average Bonchev–Trinajstić information content (AvgIpc) is 3.24. The zero-order valence-electron chi connectivity index (χ0n) is 14.0. The molecule has 0 saturated carbocycles. The van der Waals surface area contributed by atoms with Crippen molar-refractivity contribution >= 4 is 12.0 Å². The fourth-order valence-electron chi connectivity index (χ4n) is 4.12. The molecule has 0 bridgehead atoms. The fourth-order valence-corrected chi connectivity index (χ4v) is 4.12. The minimum Gasteiger partial charge on any atom is -0.371 e. The number of nitrogens with zero attached hydrogens (tertiary/aromatic N) is 4. The standard InChI is InChI=1S/C17H25N5O2/c23-16(21-9-1-2-10-21)20-8-4-14-5-11-24-17(14)12-22(13-17)15-18-6-3-7-19-15/h3,6-7,14H,1-2,4-5,8-13H2,(H,20,23). The summed E-state index contributed by atoms with van der Waals surface area (Å²) in [4.78, 5) is 24.8. The number of amides is 2. The van der Waals surface area contributed by atoms with Gasteiger partial charge in [-0.25, -0.2) is 14.8 Å². The van der Waals surface area contributed by atoms with E-state index in [4.69, 9.17) is 4.74 Å². The van der Waals surface area contributed by atoms with Gasteiger partial charge < -0.3 is 19.9 Å². The number of rotatable bonds is 4. The summed E-state index contributed by atoms with van der Waals surface area (Å²) in [6.45, 7) is 5.04. The minimum atomic E-state index is -0.0719. The lowest BCUT2D eigenvalue weighted by Crippen LogP contribution is -2.65. The number of aromatic nitrogens is 2. The lowest BCUT2D eigenvalue weighted by atomic mass is 9.79. The van der Waals surface area contributed by atoms with E-state index >= 15 is 0 Å². The molecule has 1 atom stereocenters. The van der Waals surface area contributed by atoms with E-state index in [9.17, 15) is 4.79 Å². The van der Waals surface area contributed by atoms with Gasteiger partial charge >= 0.3 is 6.03 Å². The number of likely N-dealkylation sites (tertiary alicyclic amines) is 1. The normalized spacial score (nSPS) is 25.1. The Balaban J connectivity index is 1.26. The molecule has 3 fully saturated rings. The topological polar surface area (TPSA) is 70.6 Å². The van der Waals surface area contributed by atoms with Crippen molar-refractivity contribution in [2.45, 2.75) is 31.3 Å². The van der Waals surface area contributed by atoms with Gasteiger partial charge in [-0.05, 0) is 37.7 Å². The first-order chi connectivity index (χ1) is 11.8. The van der Waals surface area contributed by atoms with Crippen LogP contribution < -0.4 is 10.2 Å². The van der Waals surface area contributed by atoms with Gasteiger partial charge in [0.15, 0.2) is 0 Å². The molecule has 2 amide bonds. The lowest BCUT2D eigenvalue weighted by Gasteiger charge is -2.50. The predicted octanol–water partition coefficient (Wildman–Crippen LogP) is 1.27. The van der Waals surface area contributed by atoms with Crippen molar-refractivity contribution in [1.29, 1.82) is 0 Å². The Kier molecular flexibility index (Phi) is 4.26. The molecule has 3 aliphatic rings. The number of hydrogen-bond acceptors (Lipinski definition) is 5. The molecule has 4 heterocycles. The summed E-state index contributed by atoms with van der Waals surface area (Å²) in [6, 6.07) is 1.92. The second-order valence-electron chi connectivity index (χ2n) is 7.02. The molecule has 1 N–H and O–H groups in total. The van der Waals surface area contributed by atoms with Crippen LogP contribution in [0.3, 0.4) is 0 Å². The predicted molar refractivity (Wildman–Crippen MR) is 89.9 cm³/mol. The summed E-state index contributed by atoms with van der Waals surface area (Å²) in [6.07, 6.45) is 7.85. The van der Waals surface area contributed by atoms with E-state index in [1.54, 1.807) is 12.4 Å². The zero-order valence-corrected chi connectivity index (χ0v) is 14.0. The van der Waals surface area contributed by atoms with Gasteiger partial charge in [-0.3, -0.25) is 0 Å². The molecule has 1 aromatic rings. The molecule has 130 valence electrons. The third kappa shape index (κ3) is 2.92. The maximum absolute atomic E-state index is 12.1. The van der Waals surface area contributed by atoms with Crippen LogP contribution in [0.4, 0.5) is 10.7 Å². The van der Waals surface area contributed by atoms with Gasteiger partial charge in [0.25, 0.3) is 0 Å². The third-order valence-corrected chi connectivity index (χ3v) is 5.51. The second kappa shape index (κ2) is 6.55. The number of carbonyl (C=O) groups excluding carboxylic acids is 1. The van der Waals surface area contributed by atoms with Crippen molar-refractivity contribution in [2.75, 3.05) is 44.2 Å². The molecule has 3 saturated heterocycles. The maximum Gasteiger partial charge on any atom is 0.317 e. The van der Waals surface area contributed by atoms with Gasteiger partial charge in [0.1, 0.15) is 5.60 Å². The number of urea groups is 1. The maximum atomic E-state index is 12.1. The minimum absolute atomic E-state index is 0.0719. The number of hydrogen-bond donors (Lipinski definition) is 1. The van der Waals surface area contributed by atoms with Crippen LogP contribution in [-0.2, 0) is 4.74 Å². The summed E-state index contributed by atoms with van der Waals surface area (Å²) in [5.74, 6) is 1.27. The molecule has 0 radical (unpaired) electrons. The molecular formula is C17H25N5O2. The highest BCUT2D eigenvalue weighted by Gasteiger charge is 2.53. The van der Waals surface area contributed by atoms with Crippen LogP contribution in [0.2, 0.25) is 0 Å². The summed E-state index contributed by atoms with van der Waals surface area (Å²) in [7, 11) is 0. The Labute approximate surface area is 142 Å². The Morgan fingerprint density at radius 1 is 1.29 bits per heavy atom. The molecule has 4 rings (SSSR count). The van der Waals surface area contributed by atoms with Crippen molar-refractivity contribution in [1.82, 2.24) is 20.2 Å². The molecule has 1 aromatic heterocycles. The largest absolute Gasteiger partial charge is 0.371 e. The van der Waals surface area contributed by atoms with E-state index in [0.717, 1.165) is 71.0 Å². The number of nitrogens with one attached hydrogen (secondary N) is 1. The second-order valence-corrected chi connectivity index (χ2v) is 7.02. The molecular weight excluding hydrogens is 306 g/mol. The van der Waals surface area contributed by atoms with Crippen LogP contribution in [0.25, 0.3) is 0 Å². The zero-order chi connectivity index (χ0) is 16.4. The van der Waals surface area contributed by atoms with Crippen LogP contribution in [0.15, 0.2) is 18.5 Å². The van der Waals surface area contributed by atoms with E-state index in [0.29, 0.717) is 5.92 Å². The summed E-state index contributed by atoms with van der Waals surface area (Å²) >= 11 is 0. The van der Waals surface area contributed by atoms with Gasteiger partial charge in [-0.1, -0.05) is 0 Å². The van der Waals surface area contributed by atoms with Crippen LogP contribution in [-0.4, -0.2) is 65.8 Å². The number of anilines is 1. The molecule has 24 heavy (non-hydrogen) atoms. The van der Waals surface area contributed by atoms with Gasteiger partial charge in [0.05, 0.1) is 13.1 Å². The fraction of sp³-hybridized carbons (Fsp3) is 0.706. The lowest BCUT2D eigenvalue weighted by molar-refractivity contribution is -0.0459. The highest BCUT2D eigenvalue weighted by Crippen LogP contribution is 2.42. The van der Waals surface area contributed by atoms with E-state index in [2.05, 4.69) is 20.2 Å². The Morgan fingerprint density at radius 2 is 2.04 bits per heavy atom. The van der Waals surface area contributed by atoms with E-state index in [-0.39, 0.29) is 11.6 Å². The highest BCUT2D eigenvalue weighted by molar-refractivity contribution is 5.74. The molecule has 3 aliphatic heterocycles. The van der Waals surface area contributed by atoms with E-state index in [1.165, 1.54) is 0 Å². The third-order valence-electron chi connectivity index (χ3n) is 5.51. The van der Waals surface area contributed by atoms with E-state index < -0.39 is 0 Å². The van der Waals surface area contributed by atoms with Gasteiger partial charge in [-0.15, -0.1) is 0 Å². The van der Waals surface area contributed by atoms with Crippen molar-refractivity contribution in [3.05, 3.63) is 18.5 Å². The van der Waals surface area contributed by atoms with Crippen LogP contribution in [0.5, 0.6) is 0 Å². The van der Waals surface area contributed by atoms with Crippen molar-refractivity contribution < 1.29 is 9.53 Å². The molecule has 7 nitrogen and oxygen atoms in total. The van der Waals surface area contributed by atoms with Crippen molar-refractivity contribution in [3.8, 4) is 0 Å². The monoisotopic (exact) mass is 331 g/mol. The molecule has 1 spiro atoms. The van der Waals surface area contributed by atoms with Crippen molar-refractivity contribution in [2.24, 2.45) is 5.92 Å². The Hall–Kier alpha value is -1.89. The summed E-state index contributed by atoms with van der Waals surface area (Å²) in [5, 5.41) is 3.07. The summed E-state index contributed by atoms with van der Waals surface area (Å²) < 4.78 is 6.08. The van der Waals surface area contributed by atoms with Gasteiger partial charge in [-0.2, -0.15) is 0 Å². The SMILES string of the molecule is O=C(NCCC1CCOC12CN(c1ncccn1)C2)N1CCCC1. The van der Waals surface area contributed by atoms with Crippen LogP contribution in [0, 0.1) is 5.92 Å². The molecule has 0 aromatic carbocycles. The van der Waals surface area contributed by atoms with Gasteiger partial charge in [0, 0.05) is 38.6 Å².